The first kappa shape index (κ1) is 19.3. The number of nitrogens with zero attached hydrogens (tertiary/aromatic N) is 2. The number of rotatable bonds is 9. The number of hydrogen-bond donors (Lipinski definition) is 2. The number of hydrogen-bond acceptors (Lipinski definition) is 4. The molecule has 0 spiro atoms. The Labute approximate surface area is 158 Å². The fourth-order valence-corrected chi connectivity index (χ4v) is 3.93. The Hall–Kier alpha value is -1.43. The van der Waals surface area contributed by atoms with Crippen LogP contribution in [0.2, 0.25) is 0 Å². The lowest BCUT2D eigenvalue weighted by molar-refractivity contribution is -0.121. The Kier molecular flexibility index (Phi) is 7.92. The van der Waals surface area contributed by atoms with Gasteiger partial charge in [0.15, 0.2) is 0 Å². The van der Waals surface area contributed by atoms with Gasteiger partial charge in [0.1, 0.15) is 0 Å². The minimum absolute atomic E-state index is 0.207. The number of carbonyl (C=O) groups excluding carboxylic acids is 1. The van der Waals surface area contributed by atoms with E-state index >= 15 is 0 Å². The third-order valence-electron chi connectivity index (χ3n) is 5.53. The first-order chi connectivity index (χ1) is 12.8. The van der Waals surface area contributed by atoms with Gasteiger partial charge < -0.3 is 15.5 Å². The van der Waals surface area contributed by atoms with Gasteiger partial charge in [-0.1, -0.05) is 30.3 Å². The van der Waals surface area contributed by atoms with Crippen LogP contribution < -0.4 is 10.6 Å². The maximum atomic E-state index is 11.9. The molecule has 0 aliphatic carbocycles. The molecule has 1 aromatic rings. The molecule has 0 saturated carbocycles. The lowest BCUT2D eigenvalue weighted by Crippen LogP contribution is -2.46. The Morgan fingerprint density at radius 3 is 2.58 bits per heavy atom. The summed E-state index contributed by atoms with van der Waals surface area (Å²) in [6.45, 7) is 8.73. The van der Waals surface area contributed by atoms with Crippen LogP contribution in [0.4, 0.5) is 0 Å². The van der Waals surface area contributed by atoms with Crippen LogP contribution in [0, 0.1) is 0 Å². The third-order valence-corrected chi connectivity index (χ3v) is 5.53. The second-order valence-corrected chi connectivity index (χ2v) is 7.66. The number of benzene rings is 1. The number of piperazine rings is 1. The molecule has 2 heterocycles. The molecule has 2 N–H and O–H groups in total. The lowest BCUT2D eigenvalue weighted by atomic mass is 10.1. The average Bonchev–Trinajstić information content (AvgIpc) is 3.16. The third kappa shape index (κ3) is 6.71. The van der Waals surface area contributed by atoms with Crippen molar-refractivity contribution in [2.75, 3.05) is 45.8 Å². The highest BCUT2D eigenvalue weighted by molar-refractivity contribution is 5.76. The predicted octanol–water partition coefficient (Wildman–Crippen LogP) is 1.84. The molecule has 1 amide bonds. The summed E-state index contributed by atoms with van der Waals surface area (Å²) in [6, 6.07) is 11.1. The fourth-order valence-electron chi connectivity index (χ4n) is 3.93. The Bertz CT molecular complexity index is 522. The predicted molar refractivity (Wildman–Crippen MR) is 106 cm³/mol. The summed E-state index contributed by atoms with van der Waals surface area (Å²) >= 11 is 0. The van der Waals surface area contributed by atoms with Crippen LogP contribution in [0.3, 0.4) is 0 Å². The normalized spacial score (nSPS) is 21.8. The number of nitrogens with one attached hydrogen (secondary N) is 2. The van der Waals surface area contributed by atoms with Crippen molar-refractivity contribution in [3.05, 3.63) is 35.9 Å². The Morgan fingerprint density at radius 1 is 1.08 bits per heavy atom. The van der Waals surface area contributed by atoms with Gasteiger partial charge in [-0.15, -0.1) is 0 Å². The van der Waals surface area contributed by atoms with Crippen LogP contribution in [0.5, 0.6) is 0 Å². The van der Waals surface area contributed by atoms with E-state index in [9.17, 15) is 4.79 Å². The second-order valence-electron chi connectivity index (χ2n) is 7.66. The molecule has 2 aliphatic rings. The summed E-state index contributed by atoms with van der Waals surface area (Å²) in [4.78, 5) is 17.0. The van der Waals surface area contributed by atoms with Crippen LogP contribution in [-0.4, -0.2) is 67.6 Å². The molecule has 1 aromatic carbocycles. The first-order valence-corrected chi connectivity index (χ1v) is 10.3. The topological polar surface area (TPSA) is 47.6 Å². The number of amides is 1. The number of carbonyl (C=O) groups is 1. The summed E-state index contributed by atoms with van der Waals surface area (Å²) in [5.74, 6) is 0.207. The van der Waals surface area contributed by atoms with Crippen molar-refractivity contribution in [1.29, 1.82) is 0 Å². The highest BCUT2D eigenvalue weighted by Gasteiger charge is 2.18. The van der Waals surface area contributed by atoms with E-state index in [4.69, 9.17) is 0 Å². The number of unbranched alkanes of at least 4 members (excludes halogenated alkanes) is 1. The van der Waals surface area contributed by atoms with Crippen molar-refractivity contribution in [2.45, 2.75) is 44.7 Å². The van der Waals surface area contributed by atoms with Gasteiger partial charge >= 0.3 is 0 Å². The van der Waals surface area contributed by atoms with Crippen molar-refractivity contribution < 1.29 is 4.79 Å². The summed E-state index contributed by atoms with van der Waals surface area (Å²) in [7, 11) is 0. The van der Waals surface area contributed by atoms with Gasteiger partial charge in [-0.2, -0.15) is 0 Å². The maximum Gasteiger partial charge on any atom is 0.221 e. The second kappa shape index (κ2) is 10.7. The van der Waals surface area contributed by atoms with Crippen LogP contribution in [-0.2, 0) is 11.3 Å². The summed E-state index contributed by atoms with van der Waals surface area (Å²) < 4.78 is 0. The molecular weight excluding hydrogens is 324 g/mol. The highest BCUT2D eigenvalue weighted by atomic mass is 16.1. The molecule has 26 heavy (non-hydrogen) atoms. The van der Waals surface area contributed by atoms with Crippen molar-refractivity contribution in [1.82, 2.24) is 20.4 Å². The van der Waals surface area contributed by atoms with Gasteiger partial charge in [-0.3, -0.25) is 9.69 Å². The molecule has 5 heteroatoms. The van der Waals surface area contributed by atoms with E-state index in [-0.39, 0.29) is 5.91 Å². The van der Waals surface area contributed by atoms with Gasteiger partial charge in [-0.25, -0.2) is 0 Å². The largest absolute Gasteiger partial charge is 0.356 e. The molecule has 2 aliphatic heterocycles. The van der Waals surface area contributed by atoms with E-state index in [1.165, 1.54) is 18.4 Å². The van der Waals surface area contributed by atoms with E-state index in [1.54, 1.807) is 0 Å². The highest BCUT2D eigenvalue weighted by Crippen LogP contribution is 2.10. The molecule has 2 saturated heterocycles. The molecule has 5 nitrogen and oxygen atoms in total. The van der Waals surface area contributed by atoms with Gasteiger partial charge in [0, 0.05) is 51.7 Å². The molecule has 0 aromatic heterocycles. The molecular formula is C21H34N4O. The quantitative estimate of drug-likeness (QED) is 0.662. The Balaban J connectivity index is 1.20. The van der Waals surface area contributed by atoms with Crippen LogP contribution in [0.1, 0.15) is 37.7 Å². The SMILES string of the molecule is O=C(CC1CCCN1)NCCCCN1CCN(Cc2ccccc2)CC1. The zero-order valence-corrected chi connectivity index (χ0v) is 16.0. The van der Waals surface area contributed by atoms with E-state index in [2.05, 4.69) is 50.8 Å². The van der Waals surface area contributed by atoms with Gasteiger partial charge in [-0.05, 0) is 44.3 Å². The van der Waals surface area contributed by atoms with Crippen LogP contribution in [0.25, 0.3) is 0 Å². The molecule has 1 atom stereocenters. The van der Waals surface area contributed by atoms with Crippen molar-refractivity contribution >= 4 is 5.91 Å². The fraction of sp³-hybridized carbons (Fsp3) is 0.667. The standard InChI is InChI=1S/C21H34N4O/c26-21(17-20-9-6-11-22-20)23-10-4-5-12-24-13-15-25(16-14-24)18-19-7-2-1-3-8-19/h1-3,7-8,20,22H,4-6,9-18H2,(H,23,26). The molecule has 1 unspecified atom stereocenters. The average molecular weight is 359 g/mol. The molecule has 0 bridgehead atoms. The van der Waals surface area contributed by atoms with E-state index in [0.717, 1.165) is 65.2 Å². The summed E-state index contributed by atoms with van der Waals surface area (Å²) in [5, 5.41) is 6.46. The maximum absolute atomic E-state index is 11.9. The summed E-state index contributed by atoms with van der Waals surface area (Å²) in [6.07, 6.45) is 5.23. The zero-order valence-electron chi connectivity index (χ0n) is 16.0. The first-order valence-electron chi connectivity index (χ1n) is 10.3. The monoisotopic (exact) mass is 358 g/mol. The lowest BCUT2D eigenvalue weighted by Gasteiger charge is -2.34. The van der Waals surface area contributed by atoms with Crippen LogP contribution in [0.15, 0.2) is 30.3 Å². The molecule has 144 valence electrons. The smallest absolute Gasteiger partial charge is 0.221 e. The van der Waals surface area contributed by atoms with Gasteiger partial charge in [0.25, 0.3) is 0 Å². The zero-order chi connectivity index (χ0) is 18.0. The van der Waals surface area contributed by atoms with Crippen molar-refractivity contribution in [2.24, 2.45) is 0 Å². The van der Waals surface area contributed by atoms with Crippen molar-refractivity contribution in [3.63, 3.8) is 0 Å². The summed E-state index contributed by atoms with van der Waals surface area (Å²) in [5.41, 5.74) is 1.41. The van der Waals surface area contributed by atoms with E-state index < -0.39 is 0 Å². The van der Waals surface area contributed by atoms with Crippen LogP contribution >= 0.6 is 0 Å². The molecule has 2 fully saturated rings. The van der Waals surface area contributed by atoms with Gasteiger partial charge in [0.2, 0.25) is 5.91 Å². The molecule has 0 radical (unpaired) electrons. The minimum atomic E-state index is 0.207. The van der Waals surface area contributed by atoms with Crippen molar-refractivity contribution in [3.8, 4) is 0 Å². The Morgan fingerprint density at radius 2 is 1.85 bits per heavy atom. The molecule has 3 rings (SSSR count). The van der Waals surface area contributed by atoms with Gasteiger partial charge in [0.05, 0.1) is 0 Å². The van der Waals surface area contributed by atoms with E-state index in [0.29, 0.717) is 12.5 Å². The van der Waals surface area contributed by atoms with E-state index in [1.807, 2.05) is 0 Å². The minimum Gasteiger partial charge on any atom is -0.356 e.